The summed E-state index contributed by atoms with van der Waals surface area (Å²) >= 11 is 5.77. The summed E-state index contributed by atoms with van der Waals surface area (Å²) in [5.41, 5.74) is 0.248. The van der Waals surface area contributed by atoms with Gasteiger partial charge in [-0.1, -0.05) is 24.9 Å². The molecule has 0 unspecified atom stereocenters. The summed E-state index contributed by atoms with van der Waals surface area (Å²) in [6, 6.07) is 4.02. The van der Waals surface area contributed by atoms with E-state index < -0.39 is 5.82 Å². The van der Waals surface area contributed by atoms with Crippen LogP contribution in [0.25, 0.3) is 0 Å². The first-order chi connectivity index (χ1) is 8.56. The van der Waals surface area contributed by atoms with E-state index in [2.05, 4.69) is 12.2 Å². The van der Waals surface area contributed by atoms with Crippen LogP contribution < -0.4 is 5.32 Å². The number of rotatable bonds is 4. The average molecular weight is 270 g/mol. The van der Waals surface area contributed by atoms with Gasteiger partial charge in [-0.2, -0.15) is 0 Å². The van der Waals surface area contributed by atoms with Gasteiger partial charge in [0, 0.05) is 11.6 Å². The lowest BCUT2D eigenvalue weighted by atomic mass is 9.67. The number of hydrogen-bond donors (Lipinski definition) is 1. The molecule has 0 heterocycles. The van der Waals surface area contributed by atoms with Crippen LogP contribution in [0, 0.1) is 11.2 Å². The molecule has 1 amide bonds. The summed E-state index contributed by atoms with van der Waals surface area (Å²) in [5, 5.41) is 3.19. The van der Waals surface area contributed by atoms with Crippen molar-refractivity contribution in [3.63, 3.8) is 0 Å². The van der Waals surface area contributed by atoms with Gasteiger partial charge < -0.3 is 5.32 Å². The highest BCUT2D eigenvalue weighted by Gasteiger charge is 2.35. The molecule has 1 aromatic rings. The van der Waals surface area contributed by atoms with E-state index in [4.69, 9.17) is 11.6 Å². The summed E-state index contributed by atoms with van der Waals surface area (Å²) in [5.74, 6) is -0.911. The van der Waals surface area contributed by atoms with Crippen molar-refractivity contribution in [1.82, 2.24) is 5.32 Å². The van der Waals surface area contributed by atoms with E-state index in [1.54, 1.807) is 0 Å². The fraction of sp³-hybridized carbons (Fsp3) is 0.500. The summed E-state index contributed by atoms with van der Waals surface area (Å²) in [6.45, 7) is 2.75. The zero-order chi connectivity index (χ0) is 13.2. The van der Waals surface area contributed by atoms with Crippen LogP contribution in [0.5, 0.6) is 0 Å². The SMILES string of the molecule is CCC1(CNC(=O)c2cc(Cl)ccc2F)CCC1. The molecule has 1 aliphatic carbocycles. The summed E-state index contributed by atoms with van der Waals surface area (Å²) < 4.78 is 13.5. The van der Waals surface area contributed by atoms with E-state index in [9.17, 15) is 9.18 Å². The first-order valence-corrected chi connectivity index (χ1v) is 6.67. The molecular formula is C14H17ClFNO. The average Bonchev–Trinajstić information content (AvgIpc) is 2.31. The second kappa shape index (κ2) is 5.27. The van der Waals surface area contributed by atoms with Crippen molar-refractivity contribution >= 4 is 17.5 Å². The molecular weight excluding hydrogens is 253 g/mol. The zero-order valence-electron chi connectivity index (χ0n) is 10.4. The number of amides is 1. The molecule has 1 saturated carbocycles. The van der Waals surface area contributed by atoms with Crippen molar-refractivity contribution in [2.75, 3.05) is 6.54 Å². The van der Waals surface area contributed by atoms with E-state index in [1.807, 2.05) is 0 Å². The Balaban J connectivity index is 2.01. The van der Waals surface area contributed by atoms with Crippen molar-refractivity contribution in [2.45, 2.75) is 32.6 Å². The van der Waals surface area contributed by atoms with Crippen LogP contribution in [0.15, 0.2) is 18.2 Å². The molecule has 0 spiro atoms. The molecule has 2 rings (SSSR count). The molecule has 1 fully saturated rings. The zero-order valence-corrected chi connectivity index (χ0v) is 11.2. The van der Waals surface area contributed by atoms with Crippen LogP contribution in [-0.2, 0) is 0 Å². The highest BCUT2D eigenvalue weighted by atomic mass is 35.5. The molecule has 1 aliphatic rings. The maximum atomic E-state index is 13.5. The van der Waals surface area contributed by atoms with Crippen molar-refractivity contribution in [3.05, 3.63) is 34.6 Å². The Labute approximate surface area is 112 Å². The van der Waals surface area contributed by atoms with Crippen LogP contribution in [0.2, 0.25) is 5.02 Å². The van der Waals surface area contributed by atoms with Crippen molar-refractivity contribution in [2.24, 2.45) is 5.41 Å². The topological polar surface area (TPSA) is 29.1 Å². The minimum absolute atomic E-state index is 0.0214. The molecule has 0 aliphatic heterocycles. The van der Waals surface area contributed by atoms with E-state index in [1.165, 1.54) is 24.6 Å². The van der Waals surface area contributed by atoms with Crippen molar-refractivity contribution in [3.8, 4) is 0 Å². The number of carbonyl (C=O) groups is 1. The molecule has 1 aromatic carbocycles. The summed E-state index contributed by atoms with van der Waals surface area (Å²) in [7, 11) is 0. The Morgan fingerprint density at radius 1 is 1.50 bits per heavy atom. The van der Waals surface area contributed by atoms with Gasteiger partial charge in [-0.25, -0.2) is 4.39 Å². The first-order valence-electron chi connectivity index (χ1n) is 6.29. The second-order valence-corrected chi connectivity index (χ2v) is 5.45. The lowest BCUT2D eigenvalue weighted by molar-refractivity contribution is 0.0846. The van der Waals surface area contributed by atoms with Gasteiger partial charge in [0.1, 0.15) is 5.82 Å². The quantitative estimate of drug-likeness (QED) is 0.885. The predicted octanol–water partition coefficient (Wildman–Crippen LogP) is 3.79. The molecule has 18 heavy (non-hydrogen) atoms. The molecule has 0 radical (unpaired) electrons. The Bertz CT molecular complexity index is 452. The summed E-state index contributed by atoms with van der Waals surface area (Å²) in [6.07, 6.45) is 4.55. The normalized spacial score (nSPS) is 17.1. The maximum Gasteiger partial charge on any atom is 0.254 e. The van der Waals surface area contributed by atoms with Gasteiger partial charge in [-0.15, -0.1) is 0 Å². The standard InChI is InChI=1S/C14H17ClFNO/c1-2-14(6-3-7-14)9-17-13(18)11-8-10(15)4-5-12(11)16/h4-5,8H,2-3,6-7,9H2,1H3,(H,17,18). The highest BCUT2D eigenvalue weighted by molar-refractivity contribution is 6.30. The number of benzene rings is 1. The van der Waals surface area contributed by atoms with Crippen LogP contribution >= 0.6 is 11.6 Å². The van der Waals surface area contributed by atoms with Gasteiger partial charge in [-0.05, 0) is 42.9 Å². The van der Waals surface area contributed by atoms with E-state index in [0.717, 1.165) is 19.3 Å². The molecule has 0 saturated heterocycles. The largest absolute Gasteiger partial charge is 0.351 e. The van der Waals surface area contributed by atoms with E-state index in [-0.39, 0.29) is 16.9 Å². The lowest BCUT2D eigenvalue weighted by Gasteiger charge is -2.41. The van der Waals surface area contributed by atoms with Gasteiger partial charge in [0.15, 0.2) is 0 Å². The van der Waals surface area contributed by atoms with E-state index >= 15 is 0 Å². The second-order valence-electron chi connectivity index (χ2n) is 5.01. The van der Waals surface area contributed by atoms with Crippen LogP contribution in [0.3, 0.4) is 0 Å². The molecule has 0 atom stereocenters. The molecule has 2 nitrogen and oxygen atoms in total. The predicted molar refractivity (Wildman–Crippen MR) is 70.3 cm³/mol. The van der Waals surface area contributed by atoms with E-state index in [0.29, 0.717) is 11.6 Å². The Kier molecular flexibility index (Phi) is 3.91. The molecule has 1 N–H and O–H groups in total. The minimum atomic E-state index is -0.531. The smallest absolute Gasteiger partial charge is 0.254 e. The molecule has 0 bridgehead atoms. The fourth-order valence-electron chi connectivity index (χ4n) is 2.37. The lowest BCUT2D eigenvalue weighted by Crippen LogP contribution is -2.41. The van der Waals surface area contributed by atoms with Gasteiger partial charge in [0.25, 0.3) is 5.91 Å². The Morgan fingerprint density at radius 2 is 2.22 bits per heavy atom. The van der Waals surface area contributed by atoms with Gasteiger partial charge in [-0.3, -0.25) is 4.79 Å². The third-order valence-corrected chi connectivity index (χ3v) is 4.20. The van der Waals surface area contributed by atoms with Gasteiger partial charge in [0.05, 0.1) is 5.56 Å². The number of halogens is 2. The first kappa shape index (κ1) is 13.3. The molecule has 0 aromatic heterocycles. The summed E-state index contributed by atoms with van der Waals surface area (Å²) in [4.78, 5) is 11.9. The van der Waals surface area contributed by atoms with Crippen molar-refractivity contribution in [1.29, 1.82) is 0 Å². The third kappa shape index (κ3) is 2.66. The number of nitrogens with one attached hydrogen (secondary N) is 1. The van der Waals surface area contributed by atoms with Crippen LogP contribution in [-0.4, -0.2) is 12.5 Å². The van der Waals surface area contributed by atoms with Crippen LogP contribution in [0.4, 0.5) is 4.39 Å². The third-order valence-electron chi connectivity index (χ3n) is 3.96. The highest BCUT2D eigenvalue weighted by Crippen LogP contribution is 2.43. The molecule has 4 heteroatoms. The maximum absolute atomic E-state index is 13.5. The van der Waals surface area contributed by atoms with Crippen LogP contribution in [0.1, 0.15) is 43.0 Å². The minimum Gasteiger partial charge on any atom is -0.351 e. The monoisotopic (exact) mass is 269 g/mol. The Hall–Kier alpha value is -1.09. The Morgan fingerprint density at radius 3 is 2.78 bits per heavy atom. The molecule has 98 valence electrons. The van der Waals surface area contributed by atoms with Gasteiger partial charge in [0.2, 0.25) is 0 Å². The number of hydrogen-bond acceptors (Lipinski definition) is 1. The fourth-order valence-corrected chi connectivity index (χ4v) is 2.54. The van der Waals surface area contributed by atoms with Gasteiger partial charge >= 0.3 is 0 Å². The number of carbonyl (C=O) groups excluding carboxylic acids is 1. The van der Waals surface area contributed by atoms with Crippen molar-refractivity contribution < 1.29 is 9.18 Å².